The van der Waals surface area contributed by atoms with Gasteiger partial charge in [0.1, 0.15) is 6.10 Å². The summed E-state index contributed by atoms with van der Waals surface area (Å²) in [6, 6.07) is 0. The van der Waals surface area contributed by atoms with Crippen LogP contribution in [0.4, 0.5) is 0 Å². The van der Waals surface area contributed by atoms with Gasteiger partial charge in [-0.1, -0.05) is 19.3 Å². The fourth-order valence-electron chi connectivity index (χ4n) is 1.67. The Morgan fingerprint density at radius 2 is 2.08 bits per heavy atom. The third kappa shape index (κ3) is 3.35. The second kappa shape index (κ2) is 5.22. The lowest BCUT2D eigenvalue weighted by Crippen LogP contribution is -2.26. The van der Waals surface area contributed by atoms with Crippen molar-refractivity contribution in [3.63, 3.8) is 0 Å². The summed E-state index contributed by atoms with van der Waals surface area (Å²) in [7, 11) is 0. The van der Waals surface area contributed by atoms with Gasteiger partial charge in [-0.25, -0.2) is 0 Å². The molecule has 1 atom stereocenters. The van der Waals surface area contributed by atoms with Crippen LogP contribution in [-0.2, 0) is 9.53 Å². The van der Waals surface area contributed by atoms with E-state index in [9.17, 15) is 4.79 Å². The maximum Gasteiger partial charge on any atom is 0.309 e. The molecule has 0 spiro atoms. The van der Waals surface area contributed by atoms with E-state index in [2.05, 4.69) is 0 Å². The van der Waals surface area contributed by atoms with Gasteiger partial charge in [0, 0.05) is 0 Å². The summed E-state index contributed by atoms with van der Waals surface area (Å²) in [6.45, 7) is 1.62. The van der Waals surface area contributed by atoms with Crippen molar-refractivity contribution in [2.75, 3.05) is 6.61 Å². The van der Waals surface area contributed by atoms with Crippen molar-refractivity contribution >= 4 is 5.97 Å². The largest absolute Gasteiger partial charge is 0.460 e. The first kappa shape index (κ1) is 10.5. The second-order valence-corrected chi connectivity index (χ2v) is 3.77. The van der Waals surface area contributed by atoms with Crippen molar-refractivity contribution in [3.8, 4) is 0 Å². The monoisotopic (exact) mass is 186 g/mol. The fourth-order valence-corrected chi connectivity index (χ4v) is 1.67. The van der Waals surface area contributed by atoms with Crippen molar-refractivity contribution in [3.05, 3.63) is 0 Å². The lowest BCUT2D eigenvalue weighted by molar-refractivity contribution is -0.156. The smallest absolute Gasteiger partial charge is 0.309 e. The van der Waals surface area contributed by atoms with Crippen LogP contribution in [0.5, 0.6) is 0 Å². The standard InChI is InChI=1S/C10H18O3/c1-8(7-11)13-10(12)9-5-3-2-4-6-9/h8-9,11H,2-7H2,1H3. The van der Waals surface area contributed by atoms with E-state index in [0.717, 1.165) is 25.7 Å². The quantitative estimate of drug-likeness (QED) is 0.679. The van der Waals surface area contributed by atoms with E-state index in [1.165, 1.54) is 6.42 Å². The Labute approximate surface area is 79.1 Å². The highest BCUT2D eigenvalue weighted by Gasteiger charge is 2.23. The van der Waals surface area contributed by atoms with E-state index in [0.29, 0.717) is 0 Å². The molecule has 0 aromatic heterocycles. The van der Waals surface area contributed by atoms with Gasteiger partial charge >= 0.3 is 5.97 Å². The molecule has 13 heavy (non-hydrogen) atoms. The predicted molar refractivity (Wildman–Crippen MR) is 49.2 cm³/mol. The summed E-state index contributed by atoms with van der Waals surface area (Å²) < 4.78 is 5.05. The second-order valence-electron chi connectivity index (χ2n) is 3.77. The maximum atomic E-state index is 11.4. The molecule has 1 saturated carbocycles. The molecule has 1 aliphatic rings. The molecule has 0 radical (unpaired) electrons. The van der Waals surface area contributed by atoms with Gasteiger partial charge in [0.15, 0.2) is 0 Å². The van der Waals surface area contributed by atoms with Crippen molar-refractivity contribution in [2.24, 2.45) is 5.92 Å². The Morgan fingerprint density at radius 1 is 1.46 bits per heavy atom. The van der Waals surface area contributed by atoms with Crippen molar-refractivity contribution in [1.82, 2.24) is 0 Å². The molecule has 1 aliphatic carbocycles. The lowest BCUT2D eigenvalue weighted by Gasteiger charge is -2.21. The first-order valence-electron chi connectivity index (χ1n) is 5.05. The number of hydrogen-bond donors (Lipinski definition) is 1. The topological polar surface area (TPSA) is 46.5 Å². The molecule has 76 valence electrons. The van der Waals surface area contributed by atoms with Gasteiger partial charge in [0.05, 0.1) is 12.5 Å². The van der Waals surface area contributed by atoms with Crippen LogP contribution in [0, 0.1) is 5.92 Å². The van der Waals surface area contributed by atoms with Crippen LogP contribution in [0.1, 0.15) is 39.0 Å². The predicted octanol–water partition coefficient (Wildman–Crippen LogP) is 1.49. The fraction of sp³-hybridized carbons (Fsp3) is 0.900. The Bertz CT molecular complexity index is 162. The highest BCUT2D eigenvalue weighted by atomic mass is 16.6. The summed E-state index contributed by atoms with van der Waals surface area (Å²) in [6.07, 6.45) is 5.06. The van der Waals surface area contributed by atoms with Crippen molar-refractivity contribution in [1.29, 1.82) is 0 Å². The number of carbonyl (C=O) groups excluding carboxylic acids is 1. The molecule has 0 amide bonds. The summed E-state index contributed by atoms with van der Waals surface area (Å²) in [5.74, 6) is -0.0380. The zero-order chi connectivity index (χ0) is 9.68. The molecule has 3 nitrogen and oxygen atoms in total. The Kier molecular flexibility index (Phi) is 4.22. The highest BCUT2D eigenvalue weighted by Crippen LogP contribution is 2.24. The molecule has 3 heteroatoms. The average Bonchev–Trinajstić information content (AvgIpc) is 2.19. The lowest BCUT2D eigenvalue weighted by atomic mass is 9.89. The van der Waals surface area contributed by atoms with Gasteiger partial charge in [0.2, 0.25) is 0 Å². The SMILES string of the molecule is CC(CO)OC(=O)C1CCCCC1. The molecular formula is C10H18O3. The summed E-state index contributed by atoms with van der Waals surface area (Å²) in [4.78, 5) is 11.4. The molecule has 1 unspecified atom stereocenters. The van der Waals surface area contributed by atoms with E-state index in [-0.39, 0.29) is 24.6 Å². The Morgan fingerprint density at radius 3 is 2.62 bits per heavy atom. The van der Waals surface area contributed by atoms with Crippen LogP contribution in [0.2, 0.25) is 0 Å². The van der Waals surface area contributed by atoms with E-state index >= 15 is 0 Å². The van der Waals surface area contributed by atoms with Crippen LogP contribution in [-0.4, -0.2) is 23.8 Å². The third-order valence-electron chi connectivity index (χ3n) is 2.51. The normalized spacial score (nSPS) is 21.1. The van der Waals surface area contributed by atoms with Crippen LogP contribution in [0.25, 0.3) is 0 Å². The summed E-state index contributed by atoms with van der Waals surface area (Å²) in [5, 5.41) is 8.70. The Hall–Kier alpha value is -0.570. The summed E-state index contributed by atoms with van der Waals surface area (Å²) >= 11 is 0. The van der Waals surface area contributed by atoms with Crippen LogP contribution < -0.4 is 0 Å². The number of aliphatic hydroxyl groups excluding tert-OH is 1. The molecule has 0 aromatic rings. The number of esters is 1. The van der Waals surface area contributed by atoms with Gasteiger partial charge in [-0.05, 0) is 19.8 Å². The minimum Gasteiger partial charge on any atom is -0.460 e. The molecule has 1 fully saturated rings. The van der Waals surface area contributed by atoms with E-state index in [1.54, 1.807) is 6.92 Å². The molecule has 1 rings (SSSR count). The molecule has 0 heterocycles. The van der Waals surface area contributed by atoms with Gasteiger partial charge < -0.3 is 9.84 Å². The minimum absolute atomic E-state index is 0.0849. The zero-order valence-corrected chi connectivity index (χ0v) is 8.16. The van der Waals surface area contributed by atoms with Gasteiger partial charge in [-0.3, -0.25) is 4.79 Å². The first-order chi connectivity index (χ1) is 6.24. The van der Waals surface area contributed by atoms with Crippen LogP contribution in [0.3, 0.4) is 0 Å². The Balaban J connectivity index is 2.29. The zero-order valence-electron chi connectivity index (χ0n) is 8.16. The van der Waals surface area contributed by atoms with E-state index < -0.39 is 0 Å². The molecule has 1 N–H and O–H groups in total. The molecule has 0 saturated heterocycles. The molecule has 0 aromatic carbocycles. The van der Waals surface area contributed by atoms with Crippen molar-refractivity contribution < 1.29 is 14.6 Å². The van der Waals surface area contributed by atoms with Gasteiger partial charge in [-0.15, -0.1) is 0 Å². The van der Waals surface area contributed by atoms with Gasteiger partial charge in [-0.2, -0.15) is 0 Å². The van der Waals surface area contributed by atoms with Crippen LogP contribution >= 0.6 is 0 Å². The number of ether oxygens (including phenoxy) is 1. The molecular weight excluding hydrogens is 168 g/mol. The number of carbonyl (C=O) groups is 1. The third-order valence-corrected chi connectivity index (χ3v) is 2.51. The average molecular weight is 186 g/mol. The minimum atomic E-state index is -0.352. The molecule has 0 bridgehead atoms. The number of hydrogen-bond acceptors (Lipinski definition) is 3. The number of rotatable bonds is 3. The van der Waals surface area contributed by atoms with E-state index in [4.69, 9.17) is 9.84 Å². The highest BCUT2D eigenvalue weighted by molar-refractivity contribution is 5.72. The maximum absolute atomic E-state index is 11.4. The molecule has 0 aliphatic heterocycles. The van der Waals surface area contributed by atoms with Crippen LogP contribution in [0.15, 0.2) is 0 Å². The summed E-state index contributed by atoms with van der Waals surface area (Å²) in [5.41, 5.74) is 0. The van der Waals surface area contributed by atoms with E-state index in [1.807, 2.05) is 0 Å². The first-order valence-corrected chi connectivity index (χ1v) is 5.05. The van der Waals surface area contributed by atoms with Crippen molar-refractivity contribution in [2.45, 2.75) is 45.1 Å². The number of aliphatic hydroxyl groups is 1. The van der Waals surface area contributed by atoms with Gasteiger partial charge in [0.25, 0.3) is 0 Å².